The lowest BCUT2D eigenvalue weighted by Gasteiger charge is -2.21. The molecule has 0 bridgehead atoms. The van der Waals surface area contributed by atoms with Crippen molar-refractivity contribution in [1.82, 2.24) is 5.32 Å². The second-order valence-corrected chi connectivity index (χ2v) is 7.57. The maximum atomic E-state index is 5.80. The molecule has 0 aromatic heterocycles. The Hall–Kier alpha value is -2.58. The monoisotopic (exact) mass is 373 g/mol. The van der Waals surface area contributed by atoms with Crippen molar-refractivity contribution >= 4 is 0 Å². The summed E-state index contributed by atoms with van der Waals surface area (Å²) in [7, 11) is 0. The van der Waals surface area contributed by atoms with Gasteiger partial charge in [0.05, 0.1) is 6.10 Å². The lowest BCUT2D eigenvalue weighted by atomic mass is 9.88. The summed E-state index contributed by atoms with van der Waals surface area (Å²) in [6, 6.07) is 30.3. The maximum absolute atomic E-state index is 5.80. The van der Waals surface area contributed by atoms with E-state index in [1.165, 1.54) is 16.7 Å². The van der Waals surface area contributed by atoms with Crippen LogP contribution in [-0.4, -0.2) is 12.6 Å². The summed E-state index contributed by atoms with van der Waals surface area (Å²) in [5, 5.41) is 3.68. The second-order valence-electron chi connectivity index (χ2n) is 7.57. The molecule has 146 valence electrons. The second kappa shape index (κ2) is 10.1. The summed E-state index contributed by atoms with van der Waals surface area (Å²) >= 11 is 0. The summed E-state index contributed by atoms with van der Waals surface area (Å²) < 4.78 is 5.80. The molecule has 0 fully saturated rings. The standard InChI is InChI=1S/C26H31NO/c1-20(2)28-25-16-14-24(15-17-25)26(23-12-8-5-9-13-23)18-19-27-21(3)22-10-6-4-7-11-22/h4-17,20-21,26-27H,18-19H2,1-3H3/t21-,26-/m1/s1. The van der Waals surface area contributed by atoms with E-state index >= 15 is 0 Å². The van der Waals surface area contributed by atoms with Crippen LogP contribution >= 0.6 is 0 Å². The molecular weight excluding hydrogens is 342 g/mol. The van der Waals surface area contributed by atoms with Crippen LogP contribution in [0, 0.1) is 0 Å². The minimum Gasteiger partial charge on any atom is -0.491 e. The average molecular weight is 374 g/mol. The number of nitrogens with one attached hydrogen (secondary N) is 1. The molecule has 3 rings (SSSR count). The summed E-state index contributed by atoms with van der Waals surface area (Å²) in [4.78, 5) is 0. The van der Waals surface area contributed by atoms with Crippen LogP contribution in [0.15, 0.2) is 84.9 Å². The van der Waals surface area contributed by atoms with E-state index in [0.717, 1.165) is 18.7 Å². The molecule has 3 aromatic rings. The van der Waals surface area contributed by atoms with Crippen LogP contribution in [0.25, 0.3) is 0 Å². The third-order valence-electron chi connectivity index (χ3n) is 5.04. The van der Waals surface area contributed by atoms with Crippen LogP contribution in [0.1, 0.15) is 55.8 Å². The molecule has 28 heavy (non-hydrogen) atoms. The van der Waals surface area contributed by atoms with Gasteiger partial charge in [0.2, 0.25) is 0 Å². The zero-order valence-corrected chi connectivity index (χ0v) is 17.1. The fraction of sp³-hybridized carbons (Fsp3) is 0.308. The minimum absolute atomic E-state index is 0.194. The number of rotatable bonds is 9. The lowest BCUT2D eigenvalue weighted by Crippen LogP contribution is -2.21. The molecule has 0 radical (unpaired) electrons. The average Bonchev–Trinajstić information content (AvgIpc) is 2.73. The van der Waals surface area contributed by atoms with E-state index < -0.39 is 0 Å². The predicted octanol–water partition coefficient (Wildman–Crippen LogP) is 6.35. The molecule has 3 aromatic carbocycles. The van der Waals surface area contributed by atoms with Gasteiger partial charge in [-0.1, -0.05) is 72.8 Å². The van der Waals surface area contributed by atoms with E-state index in [1.807, 2.05) is 0 Å². The number of benzene rings is 3. The van der Waals surface area contributed by atoms with Gasteiger partial charge in [-0.15, -0.1) is 0 Å². The van der Waals surface area contributed by atoms with E-state index in [9.17, 15) is 0 Å². The number of ether oxygens (including phenoxy) is 1. The van der Waals surface area contributed by atoms with Gasteiger partial charge in [-0.2, -0.15) is 0 Å². The molecule has 2 nitrogen and oxygen atoms in total. The summed E-state index contributed by atoms with van der Waals surface area (Å²) in [5.41, 5.74) is 4.01. The van der Waals surface area contributed by atoms with Crippen LogP contribution in [0.2, 0.25) is 0 Å². The maximum Gasteiger partial charge on any atom is 0.119 e. The Balaban J connectivity index is 1.69. The first kappa shape index (κ1) is 20.2. The largest absolute Gasteiger partial charge is 0.491 e. The van der Waals surface area contributed by atoms with Crippen molar-refractivity contribution in [3.8, 4) is 5.75 Å². The molecule has 2 atom stereocenters. The van der Waals surface area contributed by atoms with Crippen LogP contribution in [0.4, 0.5) is 0 Å². The molecule has 0 amide bonds. The van der Waals surface area contributed by atoms with Crippen molar-refractivity contribution in [3.63, 3.8) is 0 Å². The van der Waals surface area contributed by atoms with E-state index in [-0.39, 0.29) is 6.10 Å². The van der Waals surface area contributed by atoms with Gasteiger partial charge in [0.15, 0.2) is 0 Å². The van der Waals surface area contributed by atoms with Gasteiger partial charge in [0, 0.05) is 12.0 Å². The van der Waals surface area contributed by atoms with Crippen molar-refractivity contribution in [2.75, 3.05) is 6.54 Å². The predicted molar refractivity (Wildman–Crippen MR) is 118 cm³/mol. The highest BCUT2D eigenvalue weighted by molar-refractivity contribution is 5.36. The van der Waals surface area contributed by atoms with E-state index in [1.54, 1.807) is 0 Å². The van der Waals surface area contributed by atoms with Crippen molar-refractivity contribution in [3.05, 3.63) is 102 Å². The summed E-state index contributed by atoms with van der Waals surface area (Å²) in [6.07, 6.45) is 1.24. The Morgan fingerprint density at radius 1 is 0.679 bits per heavy atom. The van der Waals surface area contributed by atoms with Crippen molar-refractivity contribution in [2.24, 2.45) is 0 Å². The molecule has 0 saturated heterocycles. The Labute approximate surface area is 169 Å². The van der Waals surface area contributed by atoms with Crippen LogP contribution < -0.4 is 10.1 Å². The first-order valence-corrected chi connectivity index (χ1v) is 10.2. The zero-order valence-electron chi connectivity index (χ0n) is 17.1. The molecule has 1 N–H and O–H groups in total. The van der Waals surface area contributed by atoms with Crippen molar-refractivity contribution in [2.45, 2.75) is 45.3 Å². The smallest absolute Gasteiger partial charge is 0.119 e. The van der Waals surface area contributed by atoms with E-state index in [4.69, 9.17) is 4.74 Å². The Morgan fingerprint density at radius 2 is 1.21 bits per heavy atom. The van der Waals surface area contributed by atoms with Gasteiger partial charge in [-0.3, -0.25) is 0 Å². The summed E-state index contributed by atoms with van der Waals surface area (Å²) in [5.74, 6) is 1.30. The Morgan fingerprint density at radius 3 is 1.79 bits per heavy atom. The number of hydrogen-bond acceptors (Lipinski definition) is 2. The first-order valence-electron chi connectivity index (χ1n) is 10.2. The SMILES string of the molecule is CC(C)Oc1ccc([C@H](CCN[C@H](C)c2ccccc2)c2ccccc2)cc1. The van der Waals surface area contributed by atoms with Crippen LogP contribution in [0.3, 0.4) is 0 Å². The highest BCUT2D eigenvalue weighted by atomic mass is 16.5. The minimum atomic E-state index is 0.194. The first-order chi connectivity index (χ1) is 13.6. The quantitative estimate of drug-likeness (QED) is 0.472. The molecule has 0 spiro atoms. The highest BCUT2D eigenvalue weighted by Gasteiger charge is 2.15. The van der Waals surface area contributed by atoms with Gasteiger partial charge in [0.1, 0.15) is 5.75 Å². The molecule has 0 aliphatic rings. The van der Waals surface area contributed by atoms with E-state index in [2.05, 4.69) is 111 Å². The Kier molecular flexibility index (Phi) is 7.27. The topological polar surface area (TPSA) is 21.3 Å². The fourth-order valence-electron chi connectivity index (χ4n) is 3.57. The lowest BCUT2D eigenvalue weighted by molar-refractivity contribution is 0.242. The van der Waals surface area contributed by atoms with Gasteiger partial charge < -0.3 is 10.1 Å². The summed E-state index contributed by atoms with van der Waals surface area (Å²) in [6.45, 7) is 7.30. The fourth-order valence-corrected chi connectivity index (χ4v) is 3.57. The van der Waals surface area contributed by atoms with Gasteiger partial charge >= 0.3 is 0 Å². The molecular formula is C26H31NO. The van der Waals surface area contributed by atoms with Crippen molar-refractivity contribution < 1.29 is 4.74 Å². The van der Waals surface area contributed by atoms with Gasteiger partial charge in [0.25, 0.3) is 0 Å². The number of hydrogen-bond donors (Lipinski definition) is 1. The van der Waals surface area contributed by atoms with Crippen LogP contribution in [0.5, 0.6) is 5.75 Å². The third-order valence-corrected chi connectivity index (χ3v) is 5.04. The Bertz CT molecular complexity index is 812. The third kappa shape index (κ3) is 5.71. The highest BCUT2D eigenvalue weighted by Crippen LogP contribution is 2.29. The van der Waals surface area contributed by atoms with Crippen molar-refractivity contribution in [1.29, 1.82) is 0 Å². The molecule has 2 heteroatoms. The molecule has 0 heterocycles. The van der Waals surface area contributed by atoms with E-state index in [0.29, 0.717) is 12.0 Å². The molecule has 0 unspecified atom stereocenters. The molecule has 0 aliphatic heterocycles. The van der Waals surface area contributed by atoms with Gasteiger partial charge in [-0.25, -0.2) is 0 Å². The van der Waals surface area contributed by atoms with Gasteiger partial charge in [-0.05, 0) is 62.6 Å². The zero-order chi connectivity index (χ0) is 19.8. The normalized spacial score (nSPS) is 13.3. The van der Waals surface area contributed by atoms with Crippen LogP contribution in [-0.2, 0) is 0 Å². The molecule has 0 saturated carbocycles. The molecule has 0 aliphatic carbocycles.